The highest BCUT2D eigenvalue weighted by molar-refractivity contribution is 7.99. The predicted molar refractivity (Wildman–Crippen MR) is 76.1 cm³/mol. The van der Waals surface area contributed by atoms with Gasteiger partial charge in [-0.15, -0.1) is 23.1 Å². The number of imidazole rings is 1. The van der Waals surface area contributed by atoms with Crippen LogP contribution in [0.5, 0.6) is 0 Å². The van der Waals surface area contributed by atoms with Crippen molar-refractivity contribution < 1.29 is 0 Å². The summed E-state index contributed by atoms with van der Waals surface area (Å²) in [7, 11) is 0. The molecule has 0 atom stereocenters. The summed E-state index contributed by atoms with van der Waals surface area (Å²) in [5.41, 5.74) is 1.30. The summed E-state index contributed by atoms with van der Waals surface area (Å²) in [5.74, 6) is 1.14. The normalized spacial score (nSPS) is 11.8. The van der Waals surface area contributed by atoms with Gasteiger partial charge in [0, 0.05) is 24.2 Å². The highest BCUT2D eigenvalue weighted by atomic mass is 32.2. The lowest BCUT2D eigenvalue weighted by Gasteiger charge is -2.08. The molecule has 0 amide bonds. The molecule has 0 aliphatic rings. The highest BCUT2D eigenvalue weighted by Crippen LogP contribution is 2.26. The van der Waals surface area contributed by atoms with E-state index in [0.717, 1.165) is 17.3 Å². The van der Waals surface area contributed by atoms with Crippen molar-refractivity contribution in [3.05, 3.63) is 17.3 Å². The van der Waals surface area contributed by atoms with Crippen LogP contribution in [0.4, 0.5) is 0 Å². The fourth-order valence-electron chi connectivity index (χ4n) is 1.59. The van der Waals surface area contributed by atoms with Crippen LogP contribution < -0.4 is 5.32 Å². The molecule has 0 aliphatic heterocycles. The molecule has 1 N–H and O–H groups in total. The SMILES string of the molecule is CCCSc1nc2sccn2c1CNC(C)C. The number of fused-ring (bicyclic) bond motifs is 1. The summed E-state index contributed by atoms with van der Waals surface area (Å²) in [6.07, 6.45) is 3.30. The van der Waals surface area contributed by atoms with Crippen LogP contribution in [0.2, 0.25) is 0 Å². The molecule has 0 unspecified atom stereocenters. The Hall–Kier alpha value is -0.520. The molecule has 0 aromatic carbocycles. The van der Waals surface area contributed by atoms with Crippen LogP contribution in [0, 0.1) is 0 Å². The second kappa shape index (κ2) is 5.89. The minimum absolute atomic E-state index is 0.503. The second-order valence-electron chi connectivity index (χ2n) is 4.30. The molecule has 0 bridgehead atoms. The van der Waals surface area contributed by atoms with Gasteiger partial charge >= 0.3 is 0 Å². The number of hydrogen-bond donors (Lipinski definition) is 1. The molecule has 2 aromatic rings. The van der Waals surface area contributed by atoms with Gasteiger partial charge in [0.2, 0.25) is 0 Å². The van der Waals surface area contributed by atoms with Gasteiger partial charge in [-0.25, -0.2) is 4.98 Å². The Kier molecular flexibility index (Phi) is 4.48. The maximum absolute atomic E-state index is 4.69. The third-order valence-electron chi connectivity index (χ3n) is 2.44. The zero-order valence-corrected chi connectivity index (χ0v) is 12.2. The van der Waals surface area contributed by atoms with E-state index in [1.807, 2.05) is 11.8 Å². The third-order valence-corrected chi connectivity index (χ3v) is 4.41. The van der Waals surface area contributed by atoms with Gasteiger partial charge in [-0.05, 0) is 12.2 Å². The first-order valence-corrected chi connectivity index (χ1v) is 7.89. The van der Waals surface area contributed by atoms with Gasteiger partial charge in [0.1, 0.15) is 5.03 Å². The number of nitrogens with zero attached hydrogens (tertiary/aromatic N) is 2. The molecule has 0 saturated carbocycles. The number of thiazole rings is 1. The van der Waals surface area contributed by atoms with E-state index in [0.29, 0.717) is 6.04 Å². The van der Waals surface area contributed by atoms with Gasteiger partial charge in [0.25, 0.3) is 0 Å². The molecule has 0 spiro atoms. The van der Waals surface area contributed by atoms with E-state index in [1.54, 1.807) is 11.3 Å². The second-order valence-corrected chi connectivity index (χ2v) is 6.26. The lowest BCUT2D eigenvalue weighted by atomic mass is 10.3. The molecule has 2 rings (SSSR count). The maximum Gasteiger partial charge on any atom is 0.194 e. The Bertz CT molecular complexity index is 473. The summed E-state index contributed by atoms with van der Waals surface area (Å²) in [6.45, 7) is 7.44. The Labute approximate surface area is 111 Å². The molecule has 2 heterocycles. The standard InChI is InChI=1S/C12H19N3S2/c1-4-6-16-11-10(8-13-9(2)3)15-5-7-17-12(15)14-11/h5,7,9,13H,4,6,8H2,1-3H3. The van der Waals surface area contributed by atoms with Crippen LogP contribution in [0.1, 0.15) is 32.9 Å². The zero-order valence-electron chi connectivity index (χ0n) is 10.6. The monoisotopic (exact) mass is 269 g/mol. The van der Waals surface area contributed by atoms with E-state index in [-0.39, 0.29) is 0 Å². The molecule has 2 aromatic heterocycles. The molecule has 0 radical (unpaired) electrons. The average molecular weight is 269 g/mol. The van der Waals surface area contributed by atoms with Crippen molar-refractivity contribution in [3.8, 4) is 0 Å². The Morgan fingerprint density at radius 1 is 1.53 bits per heavy atom. The van der Waals surface area contributed by atoms with Crippen LogP contribution in [-0.4, -0.2) is 21.2 Å². The summed E-state index contributed by atoms with van der Waals surface area (Å²) < 4.78 is 2.21. The van der Waals surface area contributed by atoms with E-state index in [1.165, 1.54) is 17.1 Å². The van der Waals surface area contributed by atoms with Gasteiger partial charge in [0.15, 0.2) is 4.96 Å². The molecular weight excluding hydrogens is 250 g/mol. The lowest BCUT2D eigenvalue weighted by Crippen LogP contribution is -2.22. The fourth-order valence-corrected chi connectivity index (χ4v) is 3.26. The van der Waals surface area contributed by atoms with Crippen LogP contribution in [-0.2, 0) is 6.54 Å². The highest BCUT2D eigenvalue weighted by Gasteiger charge is 2.13. The van der Waals surface area contributed by atoms with Gasteiger partial charge in [0.05, 0.1) is 5.69 Å². The number of thioether (sulfide) groups is 1. The molecule has 3 nitrogen and oxygen atoms in total. The summed E-state index contributed by atoms with van der Waals surface area (Å²) in [5, 5.41) is 6.76. The van der Waals surface area contributed by atoms with E-state index < -0.39 is 0 Å². The predicted octanol–water partition coefficient (Wildman–Crippen LogP) is 3.40. The molecular formula is C12H19N3S2. The number of nitrogens with one attached hydrogen (secondary N) is 1. The van der Waals surface area contributed by atoms with E-state index >= 15 is 0 Å². The van der Waals surface area contributed by atoms with Gasteiger partial charge in [-0.1, -0.05) is 20.8 Å². The Morgan fingerprint density at radius 3 is 3.06 bits per heavy atom. The topological polar surface area (TPSA) is 29.3 Å². The molecule has 17 heavy (non-hydrogen) atoms. The first kappa shape index (κ1) is 12.9. The van der Waals surface area contributed by atoms with E-state index in [2.05, 4.69) is 42.1 Å². The summed E-state index contributed by atoms with van der Waals surface area (Å²) >= 11 is 3.56. The van der Waals surface area contributed by atoms with Gasteiger partial charge in [-0.2, -0.15) is 0 Å². The first-order chi connectivity index (χ1) is 8.22. The fraction of sp³-hybridized carbons (Fsp3) is 0.583. The van der Waals surface area contributed by atoms with Crippen molar-refractivity contribution in [1.82, 2.24) is 14.7 Å². The van der Waals surface area contributed by atoms with Crippen LogP contribution in [0.25, 0.3) is 4.96 Å². The van der Waals surface area contributed by atoms with Crippen molar-refractivity contribution in [2.75, 3.05) is 5.75 Å². The maximum atomic E-state index is 4.69. The van der Waals surface area contributed by atoms with Crippen molar-refractivity contribution in [2.45, 2.75) is 44.8 Å². The summed E-state index contributed by atoms with van der Waals surface area (Å²) in [4.78, 5) is 5.79. The molecule has 0 saturated heterocycles. The smallest absolute Gasteiger partial charge is 0.194 e. The first-order valence-electron chi connectivity index (χ1n) is 6.03. The van der Waals surface area contributed by atoms with Gasteiger partial charge in [-0.3, -0.25) is 4.40 Å². The minimum atomic E-state index is 0.503. The van der Waals surface area contributed by atoms with E-state index in [9.17, 15) is 0 Å². The number of hydrogen-bond acceptors (Lipinski definition) is 4. The Balaban J connectivity index is 2.23. The molecule has 94 valence electrons. The molecule has 5 heteroatoms. The number of rotatable bonds is 6. The Morgan fingerprint density at radius 2 is 2.35 bits per heavy atom. The molecule has 0 fully saturated rings. The van der Waals surface area contributed by atoms with Crippen molar-refractivity contribution >= 4 is 28.1 Å². The largest absolute Gasteiger partial charge is 0.309 e. The minimum Gasteiger partial charge on any atom is -0.309 e. The summed E-state index contributed by atoms with van der Waals surface area (Å²) in [6, 6.07) is 0.503. The number of aromatic nitrogens is 2. The zero-order chi connectivity index (χ0) is 12.3. The quantitative estimate of drug-likeness (QED) is 0.815. The van der Waals surface area contributed by atoms with Gasteiger partial charge < -0.3 is 5.32 Å². The molecule has 0 aliphatic carbocycles. The van der Waals surface area contributed by atoms with Crippen LogP contribution in [0.15, 0.2) is 16.6 Å². The van der Waals surface area contributed by atoms with Crippen LogP contribution >= 0.6 is 23.1 Å². The lowest BCUT2D eigenvalue weighted by molar-refractivity contribution is 0.574. The van der Waals surface area contributed by atoms with E-state index in [4.69, 9.17) is 4.98 Å². The van der Waals surface area contributed by atoms with Crippen molar-refractivity contribution in [1.29, 1.82) is 0 Å². The van der Waals surface area contributed by atoms with Crippen LogP contribution in [0.3, 0.4) is 0 Å². The third kappa shape index (κ3) is 3.03. The van der Waals surface area contributed by atoms with Crippen molar-refractivity contribution in [3.63, 3.8) is 0 Å². The van der Waals surface area contributed by atoms with Crippen molar-refractivity contribution in [2.24, 2.45) is 0 Å². The average Bonchev–Trinajstić information content (AvgIpc) is 2.83.